The summed E-state index contributed by atoms with van der Waals surface area (Å²) in [6.07, 6.45) is 2.02. The van der Waals surface area contributed by atoms with E-state index < -0.39 is 0 Å². The highest BCUT2D eigenvalue weighted by molar-refractivity contribution is 7.99. The van der Waals surface area contributed by atoms with E-state index in [-0.39, 0.29) is 17.8 Å². The zero-order valence-corrected chi connectivity index (χ0v) is 12.7. The Bertz CT molecular complexity index is 406. The van der Waals surface area contributed by atoms with Crippen LogP contribution in [0.4, 0.5) is 10.9 Å². The Morgan fingerprint density at radius 1 is 1.50 bits per heavy atom. The number of nitrogens with one attached hydrogen (secondary N) is 2. The summed E-state index contributed by atoms with van der Waals surface area (Å²) >= 11 is 3.00. The molecule has 0 spiro atoms. The maximum atomic E-state index is 11.9. The fraction of sp³-hybridized carbons (Fsp3) is 0.636. The quantitative estimate of drug-likeness (QED) is 0.746. The van der Waals surface area contributed by atoms with Crippen LogP contribution in [0.3, 0.4) is 0 Å². The average molecular weight is 288 g/mol. The number of hydrogen-bond acceptors (Lipinski definition) is 6. The van der Waals surface area contributed by atoms with Gasteiger partial charge in [0.1, 0.15) is 10.7 Å². The molecule has 1 aromatic heterocycles. The number of carbonyl (C=O) groups excluding carboxylic acids is 1. The summed E-state index contributed by atoms with van der Waals surface area (Å²) in [5.74, 6) is 0.139. The summed E-state index contributed by atoms with van der Waals surface area (Å²) < 4.78 is 0. The predicted octanol–water partition coefficient (Wildman–Crippen LogP) is 2.03. The van der Waals surface area contributed by atoms with Crippen LogP contribution < -0.4 is 16.4 Å². The summed E-state index contributed by atoms with van der Waals surface area (Å²) in [4.78, 5) is 16.5. The molecule has 7 heteroatoms. The van der Waals surface area contributed by atoms with Crippen molar-refractivity contribution in [2.75, 3.05) is 23.9 Å². The Hall–Kier alpha value is -0.950. The van der Waals surface area contributed by atoms with E-state index in [4.69, 9.17) is 5.73 Å². The van der Waals surface area contributed by atoms with Crippen LogP contribution in [0.15, 0.2) is 0 Å². The van der Waals surface area contributed by atoms with Gasteiger partial charge >= 0.3 is 0 Å². The number of anilines is 2. The van der Waals surface area contributed by atoms with Gasteiger partial charge in [-0.1, -0.05) is 18.3 Å². The SMILES string of the molecule is CSC(C)CNC(=O)c1sc(NC(C)C)nc1N. The Balaban J connectivity index is 2.65. The molecule has 0 saturated carbocycles. The van der Waals surface area contributed by atoms with Crippen molar-refractivity contribution in [3.63, 3.8) is 0 Å². The van der Waals surface area contributed by atoms with Gasteiger partial charge in [-0.05, 0) is 20.1 Å². The molecule has 1 unspecified atom stereocenters. The first-order valence-electron chi connectivity index (χ1n) is 5.77. The zero-order chi connectivity index (χ0) is 13.7. The molecule has 5 nitrogen and oxygen atoms in total. The Morgan fingerprint density at radius 2 is 2.17 bits per heavy atom. The van der Waals surface area contributed by atoms with Crippen molar-refractivity contribution in [2.45, 2.75) is 32.1 Å². The molecule has 0 aliphatic heterocycles. The molecule has 0 fully saturated rings. The van der Waals surface area contributed by atoms with Crippen LogP contribution in [-0.2, 0) is 0 Å². The third-order valence-corrected chi connectivity index (χ3v) is 4.20. The second-order valence-electron chi connectivity index (χ2n) is 4.29. The van der Waals surface area contributed by atoms with Crippen molar-refractivity contribution in [3.8, 4) is 0 Å². The highest BCUT2D eigenvalue weighted by Gasteiger charge is 2.16. The zero-order valence-electron chi connectivity index (χ0n) is 11.1. The van der Waals surface area contributed by atoms with Gasteiger partial charge in [0.2, 0.25) is 0 Å². The first kappa shape index (κ1) is 15.1. The molecule has 1 rings (SSSR count). The lowest BCUT2D eigenvalue weighted by Gasteiger charge is -2.08. The van der Waals surface area contributed by atoms with Crippen LogP contribution in [-0.4, -0.2) is 35.0 Å². The number of nitrogens with zero attached hydrogens (tertiary/aromatic N) is 1. The molecular weight excluding hydrogens is 268 g/mol. The van der Waals surface area contributed by atoms with Gasteiger partial charge in [-0.25, -0.2) is 4.98 Å². The number of amides is 1. The largest absolute Gasteiger partial charge is 0.382 e. The molecular formula is C11H20N4OS2. The van der Waals surface area contributed by atoms with Gasteiger partial charge in [0, 0.05) is 17.8 Å². The third-order valence-electron chi connectivity index (χ3n) is 2.22. The summed E-state index contributed by atoms with van der Waals surface area (Å²) in [6.45, 7) is 6.71. The van der Waals surface area contributed by atoms with E-state index in [1.807, 2.05) is 20.1 Å². The van der Waals surface area contributed by atoms with Gasteiger partial charge in [0.25, 0.3) is 5.91 Å². The summed E-state index contributed by atoms with van der Waals surface area (Å²) in [7, 11) is 0. The maximum Gasteiger partial charge on any atom is 0.265 e. The minimum Gasteiger partial charge on any atom is -0.382 e. The standard InChI is InChI=1S/C11H20N4OS2/c1-6(2)14-11-15-9(12)8(18-11)10(16)13-5-7(3)17-4/h6-7H,5,12H2,1-4H3,(H,13,16)(H,14,15). The van der Waals surface area contributed by atoms with Crippen LogP contribution in [0.1, 0.15) is 30.4 Å². The topological polar surface area (TPSA) is 80.0 Å². The lowest BCUT2D eigenvalue weighted by molar-refractivity contribution is 0.0959. The summed E-state index contributed by atoms with van der Waals surface area (Å²) in [5.41, 5.74) is 5.75. The van der Waals surface area contributed by atoms with Crippen LogP contribution >= 0.6 is 23.1 Å². The number of hydrogen-bond donors (Lipinski definition) is 3. The lowest BCUT2D eigenvalue weighted by atomic mass is 10.4. The summed E-state index contributed by atoms with van der Waals surface area (Å²) in [6, 6.07) is 0.267. The first-order valence-corrected chi connectivity index (χ1v) is 7.88. The fourth-order valence-electron chi connectivity index (χ4n) is 1.20. The molecule has 0 saturated heterocycles. The van der Waals surface area contributed by atoms with Gasteiger partial charge in [-0.3, -0.25) is 4.79 Å². The number of nitrogen functional groups attached to an aromatic ring is 1. The molecule has 0 aliphatic rings. The van der Waals surface area contributed by atoms with Crippen LogP contribution in [0, 0.1) is 0 Å². The molecule has 102 valence electrons. The monoisotopic (exact) mass is 288 g/mol. The van der Waals surface area contributed by atoms with Gasteiger partial charge in [0.15, 0.2) is 5.13 Å². The highest BCUT2D eigenvalue weighted by Crippen LogP contribution is 2.25. The molecule has 1 amide bonds. The van der Waals surface area contributed by atoms with Crippen molar-refractivity contribution in [1.82, 2.24) is 10.3 Å². The van der Waals surface area contributed by atoms with Gasteiger partial charge in [-0.15, -0.1) is 0 Å². The number of thioether (sulfide) groups is 1. The molecule has 0 aliphatic carbocycles. The smallest absolute Gasteiger partial charge is 0.265 e. The van der Waals surface area contributed by atoms with Crippen molar-refractivity contribution in [2.24, 2.45) is 0 Å². The molecule has 0 bridgehead atoms. The molecule has 1 heterocycles. The molecule has 0 radical (unpaired) electrons. The number of aromatic nitrogens is 1. The molecule has 4 N–H and O–H groups in total. The third kappa shape index (κ3) is 4.38. The molecule has 0 aromatic carbocycles. The number of thiazole rings is 1. The first-order chi connectivity index (χ1) is 8.43. The number of carbonyl (C=O) groups is 1. The van der Waals surface area contributed by atoms with E-state index in [2.05, 4.69) is 22.5 Å². The van der Waals surface area contributed by atoms with Crippen molar-refractivity contribution >= 4 is 40.0 Å². The maximum absolute atomic E-state index is 11.9. The van der Waals surface area contributed by atoms with Crippen molar-refractivity contribution in [1.29, 1.82) is 0 Å². The Kier molecular flexibility index (Phi) is 5.74. The predicted molar refractivity (Wildman–Crippen MR) is 80.6 cm³/mol. The molecule has 1 aromatic rings. The van der Waals surface area contributed by atoms with Crippen molar-refractivity contribution < 1.29 is 4.79 Å². The second kappa shape index (κ2) is 6.84. The van der Waals surface area contributed by atoms with E-state index in [9.17, 15) is 4.79 Å². The van der Waals surface area contributed by atoms with Gasteiger partial charge < -0.3 is 16.4 Å². The van der Waals surface area contributed by atoms with Gasteiger partial charge in [0.05, 0.1) is 0 Å². The Morgan fingerprint density at radius 3 is 2.72 bits per heavy atom. The van der Waals surface area contributed by atoms with Crippen LogP contribution in [0.2, 0.25) is 0 Å². The average Bonchev–Trinajstić information content (AvgIpc) is 2.65. The second-order valence-corrected chi connectivity index (χ2v) is 6.56. The van der Waals surface area contributed by atoms with Crippen LogP contribution in [0.25, 0.3) is 0 Å². The summed E-state index contributed by atoms with van der Waals surface area (Å²) in [5, 5.41) is 7.07. The van der Waals surface area contributed by atoms with E-state index >= 15 is 0 Å². The minimum atomic E-state index is -0.150. The minimum absolute atomic E-state index is 0.150. The molecule has 1 atom stereocenters. The van der Waals surface area contributed by atoms with E-state index in [1.165, 1.54) is 11.3 Å². The normalized spacial score (nSPS) is 12.5. The number of rotatable bonds is 6. The lowest BCUT2D eigenvalue weighted by Crippen LogP contribution is -2.29. The van der Waals surface area contributed by atoms with Crippen LogP contribution in [0.5, 0.6) is 0 Å². The number of nitrogens with two attached hydrogens (primary N) is 1. The Labute approximate surface area is 116 Å². The van der Waals surface area contributed by atoms with Crippen molar-refractivity contribution in [3.05, 3.63) is 4.88 Å². The highest BCUT2D eigenvalue weighted by atomic mass is 32.2. The van der Waals surface area contributed by atoms with Gasteiger partial charge in [-0.2, -0.15) is 11.8 Å². The van der Waals surface area contributed by atoms with E-state index in [1.54, 1.807) is 11.8 Å². The van der Waals surface area contributed by atoms with E-state index in [0.29, 0.717) is 21.8 Å². The fourth-order valence-corrected chi connectivity index (χ4v) is 2.40. The molecule has 18 heavy (non-hydrogen) atoms. The van der Waals surface area contributed by atoms with E-state index in [0.717, 1.165) is 0 Å².